The van der Waals surface area contributed by atoms with E-state index >= 15 is 0 Å². The zero-order valence-corrected chi connectivity index (χ0v) is 9.45. The number of carbonyl (C=O) groups is 1. The van der Waals surface area contributed by atoms with Gasteiger partial charge in [0.15, 0.2) is 0 Å². The molecule has 1 N–H and O–H groups in total. The second-order valence-corrected chi connectivity index (χ2v) is 3.66. The second kappa shape index (κ2) is 4.37. The van der Waals surface area contributed by atoms with Gasteiger partial charge >= 0.3 is 0 Å². The second-order valence-electron chi connectivity index (χ2n) is 3.66. The van der Waals surface area contributed by atoms with E-state index in [9.17, 15) is 9.18 Å². The van der Waals surface area contributed by atoms with E-state index in [0.717, 1.165) is 0 Å². The third-order valence-electron chi connectivity index (χ3n) is 2.51. The van der Waals surface area contributed by atoms with Gasteiger partial charge in [-0.1, -0.05) is 11.2 Å². The van der Waals surface area contributed by atoms with Gasteiger partial charge in [-0.3, -0.25) is 4.79 Å². The SMILES string of the molecule is Cc1oncc1C(=O)Nc1cccc(F)c1C. The van der Waals surface area contributed by atoms with Crippen LogP contribution in [0, 0.1) is 19.7 Å². The average molecular weight is 234 g/mol. The smallest absolute Gasteiger partial charge is 0.260 e. The number of hydrogen-bond donors (Lipinski definition) is 1. The molecule has 1 heterocycles. The molecule has 1 aromatic heterocycles. The van der Waals surface area contributed by atoms with E-state index in [1.807, 2.05) is 0 Å². The van der Waals surface area contributed by atoms with E-state index in [4.69, 9.17) is 4.52 Å². The molecular weight excluding hydrogens is 223 g/mol. The molecular formula is C12H11FN2O2. The van der Waals surface area contributed by atoms with Crippen LogP contribution in [0.3, 0.4) is 0 Å². The summed E-state index contributed by atoms with van der Waals surface area (Å²) in [4.78, 5) is 11.8. The molecule has 0 radical (unpaired) electrons. The Bertz CT molecular complexity index is 563. The predicted molar refractivity (Wildman–Crippen MR) is 60.3 cm³/mol. The van der Waals surface area contributed by atoms with Gasteiger partial charge in [-0.15, -0.1) is 0 Å². The number of rotatable bonds is 2. The summed E-state index contributed by atoms with van der Waals surface area (Å²) in [7, 11) is 0. The van der Waals surface area contributed by atoms with E-state index in [0.29, 0.717) is 22.6 Å². The molecule has 2 aromatic rings. The quantitative estimate of drug-likeness (QED) is 0.869. The van der Waals surface area contributed by atoms with Crippen LogP contribution < -0.4 is 5.32 Å². The zero-order valence-electron chi connectivity index (χ0n) is 9.45. The number of benzene rings is 1. The fourth-order valence-corrected chi connectivity index (χ4v) is 1.45. The van der Waals surface area contributed by atoms with Gasteiger partial charge in [0.2, 0.25) is 0 Å². The maximum Gasteiger partial charge on any atom is 0.260 e. The molecule has 1 aromatic carbocycles. The van der Waals surface area contributed by atoms with Gasteiger partial charge in [-0.2, -0.15) is 0 Å². The number of aromatic nitrogens is 1. The van der Waals surface area contributed by atoms with Crippen molar-refractivity contribution < 1.29 is 13.7 Å². The Hall–Kier alpha value is -2.17. The molecule has 0 aliphatic carbocycles. The largest absolute Gasteiger partial charge is 0.361 e. The molecule has 17 heavy (non-hydrogen) atoms. The highest BCUT2D eigenvalue weighted by molar-refractivity contribution is 6.05. The Labute approximate surface area is 97.4 Å². The fourth-order valence-electron chi connectivity index (χ4n) is 1.45. The number of nitrogens with one attached hydrogen (secondary N) is 1. The lowest BCUT2D eigenvalue weighted by Gasteiger charge is -2.07. The highest BCUT2D eigenvalue weighted by Crippen LogP contribution is 2.18. The van der Waals surface area contributed by atoms with E-state index < -0.39 is 0 Å². The lowest BCUT2D eigenvalue weighted by Crippen LogP contribution is -2.13. The lowest BCUT2D eigenvalue weighted by molar-refractivity contribution is 0.102. The van der Waals surface area contributed by atoms with Crippen LogP contribution in [0.2, 0.25) is 0 Å². The molecule has 0 atom stereocenters. The number of carbonyl (C=O) groups excluding carboxylic acids is 1. The fraction of sp³-hybridized carbons (Fsp3) is 0.167. The standard InChI is InChI=1S/C12H11FN2O2/c1-7-10(13)4-3-5-11(7)15-12(16)9-6-14-17-8(9)2/h3-6H,1-2H3,(H,15,16). The van der Waals surface area contributed by atoms with Gasteiger partial charge < -0.3 is 9.84 Å². The van der Waals surface area contributed by atoms with E-state index in [2.05, 4.69) is 10.5 Å². The minimum absolute atomic E-state index is 0.341. The molecule has 0 bridgehead atoms. The summed E-state index contributed by atoms with van der Waals surface area (Å²) < 4.78 is 18.1. The molecule has 0 unspecified atom stereocenters. The van der Waals surface area contributed by atoms with Gasteiger partial charge in [0.1, 0.15) is 17.1 Å². The van der Waals surface area contributed by atoms with Crippen molar-refractivity contribution in [1.29, 1.82) is 0 Å². The monoisotopic (exact) mass is 234 g/mol. The molecule has 0 saturated carbocycles. The van der Waals surface area contributed by atoms with E-state index in [-0.39, 0.29) is 11.7 Å². The van der Waals surface area contributed by atoms with Crippen molar-refractivity contribution >= 4 is 11.6 Å². The highest BCUT2D eigenvalue weighted by atomic mass is 19.1. The van der Waals surface area contributed by atoms with Crippen molar-refractivity contribution in [2.24, 2.45) is 0 Å². The molecule has 0 aliphatic heterocycles. The minimum atomic E-state index is -0.363. The third kappa shape index (κ3) is 2.18. The Morgan fingerprint density at radius 3 is 2.82 bits per heavy atom. The third-order valence-corrected chi connectivity index (χ3v) is 2.51. The average Bonchev–Trinajstić information content (AvgIpc) is 2.71. The first kappa shape index (κ1) is 11.3. The van der Waals surface area contributed by atoms with Gasteiger partial charge in [0.25, 0.3) is 5.91 Å². The number of anilines is 1. The van der Waals surface area contributed by atoms with E-state index in [1.165, 1.54) is 12.3 Å². The Morgan fingerprint density at radius 2 is 2.18 bits per heavy atom. The van der Waals surface area contributed by atoms with Crippen LogP contribution in [0.1, 0.15) is 21.7 Å². The van der Waals surface area contributed by atoms with Crippen LogP contribution in [0.25, 0.3) is 0 Å². The molecule has 0 saturated heterocycles. The van der Waals surface area contributed by atoms with Crippen molar-refractivity contribution in [3.05, 3.63) is 47.1 Å². The predicted octanol–water partition coefficient (Wildman–Crippen LogP) is 2.68. The molecule has 4 nitrogen and oxygen atoms in total. The van der Waals surface area contributed by atoms with E-state index in [1.54, 1.807) is 26.0 Å². The van der Waals surface area contributed by atoms with Crippen molar-refractivity contribution in [1.82, 2.24) is 5.16 Å². The number of hydrogen-bond acceptors (Lipinski definition) is 3. The Kier molecular flexibility index (Phi) is 2.91. The lowest BCUT2D eigenvalue weighted by atomic mass is 10.1. The van der Waals surface area contributed by atoms with Crippen molar-refractivity contribution in [2.45, 2.75) is 13.8 Å². The van der Waals surface area contributed by atoms with Crippen LogP contribution in [0.4, 0.5) is 10.1 Å². The molecule has 0 spiro atoms. The summed E-state index contributed by atoms with van der Waals surface area (Å²) in [6, 6.07) is 4.52. The molecule has 0 fully saturated rings. The number of amides is 1. The Balaban J connectivity index is 2.25. The summed E-state index contributed by atoms with van der Waals surface area (Å²) in [6.07, 6.45) is 1.33. The summed E-state index contributed by atoms with van der Waals surface area (Å²) >= 11 is 0. The van der Waals surface area contributed by atoms with Gasteiger partial charge in [-0.05, 0) is 26.0 Å². The van der Waals surface area contributed by atoms with Crippen molar-refractivity contribution in [2.75, 3.05) is 5.32 Å². The van der Waals surface area contributed by atoms with Crippen LogP contribution in [-0.2, 0) is 0 Å². The number of halogens is 1. The maximum atomic E-state index is 13.3. The molecule has 5 heteroatoms. The van der Waals surface area contributed by atoms with Crippen LogP contribution in [0.15, 0.2) is 28.9 Å². The van der Waals surface area contributed by atoms with Gasteiger partial charge in [-0.25, -0.2) is 4.39 Å². The highest BCUT2D eigenvalue weighted by Gasteiger charge is 2.14. The zero-order chi connectivity index (χ0) is 12.4. The van der Waals surface area contributed by atoms with Crippen LogP contribution >= 0.6 is 0 Å². The number of aryl methyl sites for hydroxylation is 1. The maximum absolute atomic E-state index is 13.3. The first-order valence-electron chi connectivity index (χ1n) is 5.07. The molecule has 2 rings (SSSR count). The molecule has 1 amide bonds. The summed E-state index contributed by atoms with van der Waals surface area (Å²) in [5.74, 6) is -0.293. The van der Waals surface area contributed by atoms with Gasteiger partial charge in [0, 0.05) is 11.3 Å². The summed E-state index contributed by atoms with van der Waals surface area (Å²) in [5.41, 5.74) is 1.18. The molecule has 0 aliphatic rings. The topological polar surface area (TPSA) is 55.1 Å². The minimum Gasteiger partial charge on any atom is -0.361 e. The van der Waals surface area contributed by atoms with Crippen LogP contribution in [-0.4, -0.2) is 11.1 Å². The normalized spacial score (nSPS) is 10.3. The van der Waals surface area contributed by atoms with Crippen LogP contribution in [0.5, 0.6) is 0 Å². The van der Waals surface area contributed by atoms with Gasteiger partial charge in [0.05, 0.1) is 6.20 Å². The first-order chi connectivity index (χ1) is 8.09. The molecule has 88 valence electrons. The summed E-state index contributed by atoms with van der Waals surface area (Å²) in [5, 5.41) is 6.13. The Morgan fingerprint density at radius 1 is 1.41 bits per heavy atom. The number of nitrogens with zero attached hydrogens (tertiary/aromatic N) is 1. The summed E-state index contributed by atoms with van der Waals surface area (Å²) in [6.45, 7) is 3.24. The van der Waals surface area contributed by atoms with Crippen molar-refractivity contribution in [3.63, 3.8) is 0 Å². The van der Waals surface area contributed by atoms with Crippen molar-refractivity contribution in [3.8, 4) is 0 Å². The first-order valence-corrected chi connectivity index (χ1v) is 5.07.